The third-order valence-electron chi connectivity index (χ3n) is 4.04. The van der Waals surface area contributed by atoms with E-state index < -0.39 is 74.6 Å². The summed E-state index contributed by atoms with van der Waals surface area (Å²) in [6.07, 6.45) is -12.2. The molecule has 8 N–H and O–H groups in total. The van der Waals surface area contributed by atoms with Gasteiger partial charge in [-0.1, -0.05) is 0 Å². The van der Waals surface area contributed by atoms with Crippen LogP contribution in [0.15, 0.2) is 0 Å². The summed E-state index contributed by atoms with van der Waals surface area (Å²) >= 11 is 0. The summed E-state index contributed by atoms with van der Waals surface area (Å²) in [5, 5.41) is 76.5. The van der Waals surface area contributed by atoms with Crippen molar-refractivity contribution < 1.29 is 55.1 Å². The van der Waals surface area contributed by atoms with Crippen LogP contribution in [0.5, 0.6) is 0 Å². The second kappa shape index (κ2) is 7.21. The Morgan fingerprint density at radius 3 is 2.00 bits per heavy atom. The van der Waals surface area contributed by atoms with Crippen molar-refractivity contribution in [3.8, 4) is 0 Å². The van der Waals surface area contributed by atoms with Crippen LogP contribution in [0.2, 0.25) is 0 Å². The smallest absolute Gasteiger partial charge is 0.219 e. The van der Waals surface area contributed by atoms with Gasteiger partial charge in [0.2, 0.25) is 5.79 Å². The van der Waals surface area contributed by atoms with E-state index in [4.69, 9.17) is 24.4 Å². The molecule has 0 aromatic heterocycles. The number of aliphatic hydroxyl groups excluding tert-OH is 7. The van der Waals surface area contributed by atoms with Gasteiger partial charge in [0.15, 0.2) is 6.29 Å². The highest BCUT2D eigenvalue weighted by Crippen LogP contribution is 2.33. The summed E-state index contributed by atoms with van der Waals surface area (Å²) < 4.78 is 15.3. The zero-order chi connectivity index (χ0) is 17.4. The summed E-state index contributed by atoms with van der Waals surface area (Å²) in [7, 11) is 0. The normalized spacial score (nSPS) is 51.1. The first-order valence-electron chi connectivity index (χ1n) is 7.05. The predicted octanol–water partition coefficient (Wildman–Crippen LogP) is -5.40. The molecule has 23 heavy (non-hydrogen) atoms. The van der Waals surface area contributed by atoms with Gasteiger partial charge in [0.1, 0.15) is 42.7 Å². The van der Waals surface area contributed by atoms with Crippen LogP contribution in [-0.2, 0) is 14.2 Å². The van der Waals surface area contributed by atoms with Crippen LogP contribution in [0, 0.1) is 0 Å². The molecule has 0 aliphatic carbocycles. The first kappa shape index (κ1) is 18.9. The third kappa shape index (κ3) is 3.36. The van der Waals surface area contributed by atoms with Crippen molar-refractivity contribution in [2.24, 2.45) is 0 Å². The monoisotopic (exact) mass is 342 g/mol. The van der Waals surface area contributed by atoms with Gasteiger partial charge in [0, 0.05) is 0 Å². The number of hydrogen-bond donors (Lipinski definition) is 8. The van der Waals surface area contributed by atoms with Crippen molar-refractivity contribution >= 4 is 0 Å². The van der Waals surface area contributed by atoms with Gasteiger partial charge >= 0.3 is 0 Å². The Morgan fingerprint density at radius 1 is 0.870 bits per heavy atom. The Labute approximate surface area is 130 Å². The molecule has 0 unspecified atom stereocenters. The molecular formula is C12H22O11. The van der Waals surface area contributed by atoms with Gasteiger partial charge in [-0.2, -0.15) is 0 Å². The zero-order valence-corrected chi connectivity index (χ0v) is 12.0. The second-order valence-electron chi connectivity index (χ2n) is 5.58. The standard InChI is InChI=1S/C12H22O11/c13-1-4-6(16)7(17)8(18)11(21-4)22-9-5(2-14)23-12(20,3-15)10(9)19/h4-11,13-20H,1-3H2/t4-,5+,6+,7+,8+,9-,10+,11+,12-/m0/s1. The van der Waals surface area contributed by atoms with E-state index in [1.165, 1.54) is 0 Å². The number of hydrogen-bond acceptors (Lipinski definition) is 11. The summed E-state index contributed by atoms with van der Waals surface area (Å²) in [6, 6.07) is 0. The lowest BCUT2D eigenvalue weighted by molar-refractivity contribution is -0.318. The van der Waals surface area contributed by atoms with Gasteiger partial charge in [-0.3, -0.25) is 0 Å². The minimum absolute atomic E-state index is 0.668. The van der Waals surface area contributed by atoms with E-state index in [1.807, 2.05) is 0 Å². The summed E-state index contributed by atoms with van der Waals surface area (Å²) in [6.45, 7) is -2.32. The minimum atomic E-state index is -2.37. The van der Waals surface area contributed by atoms with Crippen molar-refractivity contribution in [3.05, 3.63) is 0 Å². The van der Waals surface area contributed by atoms with Crippen molar-refractivity contribution in [2.75, 3.05) is 19.8 Å². The molecule has 0 amide bonds. The molecule has 0 aromatic carbocycles. The molecule has 136 valence electrons. The van der Waals surface area contributed by atoms with E-state index in [0.717, 1.165) is 0 Å². The lowest BCUT2D eigenvalue weighted by atomic mass is 9.99. The maximum Gasteiger partial charge on any atom is 0.219 e. The molecule has 9 atom stereocenters. The van der Waals surface area contributed by atoms with Gasteiger partial charge in [0.25, 0.3) is 0 Å². The van der Waals surface area contributed by atoms with E-state index >= 15 is 0 Å². The topological polar surface area (TPSA) is 190 Å². The largest absolute Gasteiger partial charge is 0.394 e. The van der Waals surface area contributed by atoms with Crippen molar-refractivity contribution in [2.45, 2.75) is 54.8 Å². The zero-order valence-electron chi connectivity index (χ0n) is 12.0. The molecule has 2 aliphatic rings. The summed E-state index contributed by atoms with van der Waals surface area (Å²) in [5.74, 6) is -2.37. The van der Waals surface area contributed by atoms with Crippen LogP contribution in [0.25, 0.3) is 0 Å². The molecule has 2 rings (SSSR count). The fraction of sp³-hybridized carbons (Fsp3) is 1.00. The SMILES string of the molecule is OC[C@@H]1O[C@H](O[C@@H]2[C@@H](O)[C@](O)(CO)O[C@@H]2CO)[C@H](O)[C@H](O)[C@@H]1O. The van der Waals surface area contributed by atoms with Crippen LogP contribution in [-0.4, -0.2) is 115 Å². The molecule has 2 heterocycles. The highest BCUT2D eigenvalue weighted by Gasteiger charge is 2.56. The van der Waals surface area contributed by atoms with E-state index in [9.17, 15) is 30.6 Å². The predicted molar refractivity (Wildman–Crippen MR) is 68.6 cm³/mol. The summed E-state index contributed by atoms with van der Waals surface area (Å²) in [5.41, 5.74) is 0. The molecule has 0 bridgehead atoms. The lowest BCUT2D eigenvalue weighted by Gasteiger charge is -2.41. The molecule has 11 heteroatoms. The highest BCUT2D eigenvalue weighted by atomic mass is 16.7. The van der Waals surface area contributed by atoms with Crippen molar-refractivity contribution in [1.82, 2.24) is 0 Å². The highest BCUT2D eigenvalue weighted by molar-refractivity contribution is 4.98. The number of aliphatic hydroxyl groups is 8. The minimum Gasteiger partial charge on any atom is -0.394 e. The average molecular weight is 342 g/mol. The van der Waals surface area contributed by atoms with Gasteiger partial charge < -0.3 is 55.1 Å². The maximum atomic E-state index is 10.00. The molecule has 0 spiro atoms. The van der Waals surface area contributed by atoms with Crippen LogP contribution in [0.1, 0.15) is 0 Å². The molecule has 2 saturated heterocycles. The maximum absolute atomic E-state index is 10.00. The van der Waals surface area contributed by atoms with E-state index in [0.29, 0.717) is 0 Å². The van der Waals surface area contributed by atoms with Gasteiger partial charge in [0.05, 0.1) is 19.8 Å². The fourth-order valence-electron chi connectivity index (χ4n) is 2.63. The van der Waals surface area contributed by atoms with E-state index in [2.05, 4.69) is 0 Å². The molecule has 2 aliphatic heterocycles. The molecule has 0 aromatic rings. The average Bonchev–Trinajstić information content (AvgIpc) is 2.80. The lowest BCUT2D eigenvalue weighted by Crippen LogP contribution is -2.60. The van der Waals surface area contributed by atoms with Crippen LogP contribution in [0.4, 0.5) is 0 Å². The number of ether oxygens (including phenoxy) is 3. The van der Waals surface area contributed by atoms with E-state index in [1.54, 1.807) is 0 Å². The summed E-state index contributed by atoms with van der Waals surface area (Å²) in [4.78, 5) is 0. The Kier molecular flexibility index (Phi) is 5.92. The van der Waals surface area contributed by atoms with Crippen molar-refractivity contribution in [3.63, 3.8) is 0 Å². The van der Waals surface area contributed by atoms with Gasteiger partial charge in [-0.25, -0.2) is 0 Å². The Balaban J connectivity index is 2.13. The van der Waals surface area contributed by atoms with Gasteiger partial charge in [-0.15, -0.1) is 0 Å². The Hall–Kier alpha value is -0.440. The third-order valence-corrected chi connectivity index (χ3v) is 4.04. The first-order chi connectivity index (χ1) is 10.8. The van der Waals surface area contributed by atoms with Crippen LogP contribution in [0.3, 0.4) is 0 Å². The first-order valence-corrected chi connectivity index (χ1v) is 7.05. The van der Waals surface area contributed by atoms with Gasteiger partial charge in [-0.05, 0) is 0 Å². The second-order valence-corrected chi connectivity index (χ2v) is 5.58. The quantitative estimate of drug-likeness (QED) is 0.238. The molecule has 2 fully saturated rings. The van der Waals surface area contributed by atoms with Crippen LogP contribution < -0.4 is 0 Å². The number of rotatable bonds is 5. The molecular weight excluding hydrogens is 320 g/mol. The van der Waals surface area contributed by atoms with E-state index in [-0.39, 0.29) is 0 Å². The molecule has 0 radical (unpaired) electrons. The Bertz CT molecular complexity index is 393. The van der Waals surface area contributed by atoms with Crippen molar-refractivity contribution in [1.29, 1.82) is 0 Å². The molecule has 0 saturated carbocycles. The fourth-order valence-corrected chi connectivity index (χ4v) is 2.63. The molecule has 11 nitrogen and oxygen atoms in total. The van der Waals surface area contributed by atoms with Crippen LogP contribution >= 0.6 is 0 Å². The Morgan fingerprint density at radius 2 is 1.48 bits per heavy atom.